The Morgan fingerprint density at radius 3 is 2.34 bits per heavy atom. The fourth-order valence-electron chi connectivity index (χ4n) is 3.67. The van der Waals surface area contributed by atoms with Gasteiger partial charge in [-0.1, -0.05) is 24.3 Å². The number of amides is 1. The third-order valence-corrected chi connectivity index (χ3v) is 5.06. The highest BCUT2D eigenvalue weighted by Gasteiger charge is 2.23. The predicted octanol–water partition coefficient (Wildman–Crippen LogP) is 1.84. The molecule has 0 aliphatic heterocycles. The number of quaternary nitrogens is 1. The van der Waals surface area contributed by atoms with Gasteiger partial charge in [-0.3, -0.25) is 4.79 Å². The molecule has 2 aromatic rings. The molecule has 0 fully saturated rings. The third kappa shape index (κ3) is 5.00. The molecule has 3 rings (SSSR count). The van der Waals surface area contributed by atoms with E-state index < -0.39 is 11.9 Å². The number of esters is 2. The summed E-state index contributed by atoms with van der Waals surface area (Å²) >= 11 is 0. The number of hydrogen-bond donors (Lipinski definition) is 2. The molecule has 1 atom stereocenters. The van der Waals surface area contributed by atoms with Gasteiger partial charge in [-0.2, -0.15) is 0 Å². The smallest absolute Gasteiger partial charge is 0.337 e. The molecule has 0 heterocycles. The van der Waals surface area contributed by atoms with E-state index in [1.165, 1.54) is 43.5 Å². The molecule has 1 amide bonds. The number of nitrogens with one attached hydrogen (secondary N) is 1. The minimum Gasteiger partial charge on any atom is -0.465 e. The van der Waals surface area contributed by atoms with Gasteiger partial charge >= 0.3 is 11.9 Å². The maximum Gasteiger partial charge on any atom is 0.337 e. The Labute approximate surface area is 169 Å². The zero-order chi connectivity index (χ0) is 20.8. The van der Waals surface area contributed by atoms with Crippen LogP contribution in [0.25, 0.3) is 0 Å². The van der Waals surface area contributed by atoms with Gasteiger partial charge in [0.2, 0.25) is 0 Å². The van der Waals surface area contributed by atoms with E-state index in [4.69, 9.17) is 9.47 Å². The Bertz CT molecular complexity index is 891. The summed E-state index contributed by atoms with van der Waals surface area (Å²) in [5.41, 5.74) is 3.30. The van der Waals surface area contributed by atoms with Gasteiger partial charge in [0.05, 0.1) is 25.3 Å². The fourth-order valence-corrected chi connectivity index (χ4v) is 3.67. The van der Waals surface area contributed by atoms with Crippen LogP contribution in [0.3, 0.4) is 0 Å². The van der Waals surface area contributed by atoms with Crippen molar-refractivity contribution in [1.29, 1.82) is 0 Å². The van der Waals surface area contributed by atoms with Crippen LogP contribution in [0.5, 0.6) is 0 Å². The molecule has 0 radical (unpaired) electrons. The van der Waals surface area contributed by atoms with Crippen molar-refractivity contribution >= 4 is 23.5 Å². The highest BCUT2D eigenvalue weighted by molar-refractivity contribution is 5.99. The average molecular weight is 397 g/mol. The Kier molecular flexibility index (Phi) is 6.61. The minimum absolute atomic E-state index is 0.163. The maximum absolute atomic E-state index is 12.5. The molecule has 0 bridgehead atoms. The van der Waals surface area contributed by atoms with E-state index in [1.54, 1.807) is 0 Å². The summed E-state index contributed by atoms with van der Waals surface area (Å²) in [6.45, 7) is 0.231. The van der Waals surface area contributed by atoms with Crippen LogP contribution in [0.15, 0.2) is 42.5 Å². The van der Waals surface area contributed by atoms with Crippen LogP contribution in [0.1, 0.15) is 50.7 Å². The van der Waals surface area contributed by atoms with Crippen LogP contribution in [0.2, 0.25) is 0 Å². The van der Waals surface area contributed by atoms with Crippen molar-refractivity contribution in [2.24, 2.45) is 0 Å². The lowest BCUT2D eigenvalue weighted by Gasteiger charge is -2.23. The summed E-state index contributed by atoms with van der Waals surface area (Å²) in [5, 5.41) is 4.78. The van der Waals surface area contributed by atoms with E-state index >= 15 is 0 Å². The lowest BCUT2D eigenvalue weighted by molar-refractivity contribution is -0.687. The lowest BCUT2D eigenvalue weighted by Crippen LogP contribution is -2.87. The van der Waals surface area contributed by atoms with Gasteiger partial charge in [0.25, 0.3) is 5.91 Å². The molecular formula is C22H25N2O5+. The number of fused-ring (bicyclic) bond motifs is 1. The standard InChI is InChI=1S/C22H24N2O5/c1-28-21(26)15-10-16(22(27)29-2)12-17(11-15)24-20(25)13-23-19-9-5-7-14-6-3-4-8-18(14)19/h3-4,6,8,10-12,19,23H,5,7,9,13H2,1-2H3,(H,24,25)/p+1/t19-/m1/s1. The van der Waals surface area contributed by atoms with Crippen LogP contribution in [0, 0.1) is 0 Å². The molecule has 7 heteroatoms. The molecule has 2 aromatic carbocycles. The molecule has 0 unspecified atom stereocenters. The normalized spacial score (nSPS) is 15.2. The van der Waals surface area contributed by atoms with E-state index in [0.717, 1.165) is 19.3 Å². The number of carbonyl (C=O) groups excluding carboxylic acids is 3. The van der Waals surface area contributed by atoms with Gasteiger partial charge in [-0.05, 0) is 36.6 Å². The molecule has 0 spiro atoms. The Morgan fingerprint density at radius 1 is 1.03 bits per heavy atom. The van der Waals surface area contributed by atoms with Crippen LogP contribution in [-0.4, -0.2) is 38.6 Å². The number of ether oxygens (including phenoxy) is 2. The van der Waals surface area contributed by atoms with Crippen molar-refractivity contribution in [1.82, 2.24) is 0 Å². The number of aryl methyl sites for hydroxylation is 1. The SMILES string of the molecule is COC(=O)c1cc(NC(=O)C[NH2+][C@@H]2CCCc3ccccc32)cc(C(=O)OC)c1. The predicted molar refractivity (Wildman–Crippen MR) is 107 cm³/mol. The molecule has 152 valence electrons. The second kappa shape index (κ2) is 9.34. The topological polar surface area (TPSA) is 98.3 Å². The number of hydrogen-bond acceptors (Lipinski definition) is 5. The maximum atomic E-state index is 12.5. The number of rotatable bonds is 6. The summed E-state index contributed by atoms with van der Waals surface area (Å²) in [7, 11) is 2.50. The summed E-state index contributed by atoms with van der Waals surface area (Å²) in [5.74, 6) is -1.42. The number of nitrogens with two attached hydrogens (primary N) is 1. The summed E-state index contributed by atoms with van der Waals surface area (Å²) in [6, 6.07) is 12.9. The number of methoxy groups -OCH3 is 2. The Balaban J connectivity index is 1.69. The van der Waals surface area contributed by atoms with Gasteiger partial charge in [0, 0.05) is 17.7 Å². The second-order valence-corrected chi connectivity index (χ2v) is 6.97. The van der Waals surface area contributed by atoms with Crippen molar-refractivity contribution in [3.05, 3.63) is 64.7 Å². The zero-order valence-electron chi connectivity index (χ0n) is 16.6. The first-order valence-corrected chi connectivity index (χ1v) is 9.54. The van der Waals surface area contributed by atoms with E-state index in [-0.39, 0.29) is 29.6 Å². The van der Waals surface area contributed by atoms with Crippen molar-refractivity contribution in [2.45, 2.75) is 25.3 Å². The van der Waals surface area contributed by atoms with E-state index in [0.29, 0.717) is 5.69 Å². The first kappa shape index (κ1) is 20.5. The summed E-state index contributed by atoms with van der Waals surface area (Å²) < 4.78 is 9.43. The number of carbonyl (C=O) groups is 3. The summed E-state index contributed by atoms with van der Waals surface area (Å²) in [6.07, 6.45) is 3.20. The van der Waals surface area contributed by atoms with Gasteiger partial charge in [-0.25, -0.2) is 9.59 Å². The molecule has 0 saturated carbocycles. The van der Waals surface area contributed by atoms with E-state index in [9.17, 15) is 14.4 Å². The fraction of sp³-hybridized carbons (Fsp3) is 0.318. The van der Waals surface area contributed by atoms with Crippen molar-refractivity contribution in [2.75, 3.05) is 26.1 Å². The molecule has 3 N–H and O–H groups in total. The van der Waals surface area contributed by atoms with Gasteiger partial charge in [-0.15, -0.1) is 0 Å². The zero-order valence-corrected chi connectivity index (χ0v) is 16.6. The average Bonchev–Trinajstić information content (AvgIpc) is 2.76. The molecule has 1 aliphatic rings. The molecule has 29 heavy (non-hydrogen) atoms. The quantitative estimate of drug-likeness (QED) is 0.725. The molecule has 7 nitrogen and oxygen atoms in total. The molecule has 0 saturated heterocycles. The van der Waals surface area contributed by atoms with E-state index in [2.05, 4.69) is 17.4 Å². The highest BCUT2D eigenvalue weighted by Crippen LogP contribution is 2.26. The molecule has 0 aromatic heterocycles. The largest absolute Gasteiger partial charge is 0.465 e. The van der Waals surface area contributed by atoms with Crippen LogP contribution in [-0.2, 0) is 20.7 Å². The lowest BCUT2D eigenvalue weighted by atomic mass is 9.88. The monoisotopic (exact) mass is 397 g/mol. The van der Waals surface area contributed by atoms with Gasteiger partial charge in [0.1, 0.15) is 6.04 Å². The first-order valence-electron chi connectivity index (χ1n) is 9.54. The van der Waals surface area contributed by atoms with Gasteiger partial charge in [0.15, 0.2) is 6.54 Å². The number of anilines is 1. The van der Waals surface area contributed by atoms with Crippen molar-refractivity contribution < 1.29 is 29.2 Å². The minimum atomic E-state index is -0.600. The Hall–Kier alpha value is -3.19. The molecule has 1 aliphatic carbocycles. The van der Waals surface area contributed by atoms with Crippen LogP contribution < -0.4 is 10.6 Å². The highest BCUT2D eigenvalue weighted by atomic mass is 16.5. The van der Waals surface area contributed by atoms with Crippen LogP contribution >= 0.6 is 0 Å². The number of benzene rings is 2. The van der Waals surface area contributed by atoms with E-state index in [1.807, 2.05) is 17.4 Å². The van der Waals surface area contributed by atoms with Crippen molar-refractivity contribution in [3.63, 3.8) is 0 Å². The second-order valence-electron chi connectivity index (χ2n) is 6.97. The van der Waals surface area contributed by atoms with Gasteiger partial charge < -0.3 is 20.1 Å². The summed E-state index contributed by atoms with van der Waals surface area (Å²) in [4.78, 5) is 36.2. The first-order chi connectivity index (χ1) is 14.0. The third-order valence-electron chi connectivity index (χ3n) is 5.06. The van der Waals surface area contributed by atoms with Crippen LogP contribution in [0.4, 0.5) is 5.69 Å². The Morgan fingerprint density at radius 2 is 1.69 bits per heavy atom. The molecular weight excluding hydrogens is 372 g/mol. The van der Waals surface area contributed by atoms with Crippen molar-refractivity contribution in [3.8, 4) is 0 Å².